The molecule has 0 radical (unpaired) electrons. The van der Waals surface area contributed by atoms with E-state index in [1.807, 2.05) is 0 Å². The molecular weight excluding hydrogens is 240 g/mol. The Balaban J connectivity index is 2.01. The van der Waals surface area contributed by atoms with E-state index in [1.165, 1.54) is 6.20 Å². The van der Waals surface area contributed by atoms with E-state index in [-0.39, 0.29) is 24.2 Å². The van der Waals surface area contributed by atoms with Gasteiger partial charge in [0.25, 0.3) is 5.91 Å². The van der Waals surface area contributed by atoms with Gasteiger partial charge in [0.15, 0.2) is 5.69 Å². The SMILES string of the molecule is COC1CCN(C(=O)c2cn(CC(=O)O)nn2)C1. The number of hydrogen-bond donors (Lipinski definition) is 1. The molecule has 1 fully saturated rings. The number of carbonyl (C=O) groups excluding carboxylic acids is 1. The summed E-state index contributed by atoms with van der Waals surface area (Å²) < 4.78 is 6.30. The number of carboxylic acids is 1. The number of likely N-dealkylation sites (tertiary alicyclic amines) is 1. The summed E-state index contributed by atoms with van der Waals surface area (Å²) in [6.07, 6.45) is 2.20. The molecule has 2 heterocycles. The molecule has 8 heteroatoms. The van der Waals surface area contributed by atoms with Crippen LogP contribution >= 0.6 is 0 Å². The van der Waals surface area contributed by atoms with Crippen molar-refractivity contribution >= 4 is 11.9 Å². The average Bonchev–Trinajstić information content (AvgIpc) is 2.95. The topological polar surface area (TPSA) is 97.5 Å². The Bertz CT molecular complexity index is 458. The number of aromatic nitrogens is 3. The summed E-state index contributed by atoms with van der Waals surface area (Å²) in [5.41, 5.74) is 0.160. The van der Waals surface area contributed by atoms with E-state index in [2.05, 4.69) is 10.3 Å². The largest absolute Gasteiger partial charge is 0.480 e. The lowest BCUT2D eigenvalue weighted by atomic mass is 10.3. The summed E-state index contributed by atoms with van der Waals surface area (Å²) >= 11 is 0. The summed E-state index contributed by atoms with van der Waals surface area (Å²) in [4.78, 5) is 24.1. The summed E-state index contributed by atoms with van der Waals surface area (Å²) in [5.74, 6) is -1.27. The minimum atomic E-state index is -1.03. The van der Waals surface area contributed by atoms with Crippen molar-refractivity contribution in [3.05, 3.63) is 11.9 Å². The number of carboxylic acid groups (broad SMARTS) is 1. The lowest BCUT2D eigenvalue weighted by Crippen LogP contribution is -2.30. The van der Waals surface area contributed by atoms with Crippen LogP contribution in [-0.4, -0.2) is 63.2 Å². The Morgan fingerprint density at radius 1 is 1.61 bits per heavy atom. The van der Waals surface area contributed by atoms with Crippen molar-refractivity contribution in [1.82, 2.24) is 19.9 Å². The van der Waals surface area contributed by atoms with Crippen LogP contribution in [0.3, 0.4) is 0 Å². The van der Waals surface area contributed by atoms with Gasteiger partial charge in [-0.1, -0.05) is 5.21 Å². The van der Waals surface area contributed by atoms with Gasteiger partial charge in [0.1, 0.15) is 6.54 Å². The highest BCUT2D eigenvalue weighted by atomic mass is 16.5. The molecule has 1 aliphatic heterocycles. The van der Waals surface area contributed by atoms with Crippen molar-refractivity contribution in [2.45, 2.75) is 19.1 Å². The van der Waals surface area contributed by atoms with Gasteiger partial charge in [-0.25, -0.2) is 4.68 Å². The Hall–Kier alpha value is -1.96. The first-order valence-electron chi connectivity index (χ1n) is 5.54. The van der Waals surface area contributed by atoms with E-state index in [0.29, 0.717) is 13.1 Å². The summed E-state index contributed by atoms with van der Waals surface area (Å²) in [6, 6.07) is 0. The van der Waals surface area contributed by atoms with Crippen LogP contribution in [0.2, 0.25) is 0 Å². The number of amides is 1. The molecule has 98 valence electrons. The zero-order valence-corrected chi connectivity index (χ0v) is 9.94. The highest BCUT2D eigenvalue weighted by Crippen LogP contribution is 2.14. The van der Waals surface area contributed by atoms with Crippen LogP contribution in [0.5, 0.6) is 0 Å². The number of methoxy groups -OCH3 is 1. The quantitative estimate of drug-likeness (QED) is 0.757. The lowest BCUT2D eigenvalue weighted by Gasteiger charge is -2.13. The van der Waals surface area contributed by atoms with Crippen LogP contribution in [0.4, 0.5) is 0 Å². The summed E-state index contributed by atoms with van der Waals surface area (Å²) in [6.45, 7) is 0.839. The van der Waals surface area contributed by atoms with Crippen molar-refractivity contribution in [3.8, 4) is 0 Å². The first-order valence-corrected chi connectivity index (χ1v) is 5.54. The van der Waals surface area contributed by atoms with Crippen molar-refractivity contribution in [2.75, 3.05) is 20.2 Å². The number of aliphatic carboxylic acids is 1. The van der Waals surface area contributed by atoms with Crippen molar-refractivity contribution in [3.63, 3.8) is 0 Å². The van der Waals surface area contributed by atoms with Gasteiger partial charge in [-0.05, 0) is 6.42 Å². The number of rotatable bonds is 4. The molecule has 0 bridgehead atoms. The van der Waals surface area contributed by atoms with Crippen molar-refractivity contribution in [1.29, 1.82) is 0 Å². The summed E-state index contributed by atoms with van der Waals surface area (Å²) in [7, 11) is 1.61. The molecule has 8 nitrogen and oxygen atoms in total. The first kappa shape index (κ1) is 12.5. The van der Waals surface area contributed by atoms with Gasteiger partial charge in [-0.2, -0.15) is 0 Å². The van der Waals surface area contributed by atoms with Gasteiger partial charge in [0.2, 0.25) is 0 Å². The molecule has 1 saturated heterocycles. The van der Waals surface area contributed by atoms with Crippen LogP contribution in [0, 0.1) is 0 Å². The first-order chi connectivity index (χ1) is 8.60. The fourth-order valence-electron chi connectivity index (χ4n) is 1.88. The minimum absolute atomic E-state index is 0.0583. The molecule has 1 N–H and O–H groups in total. The molecule has 1 aromatic heterocycles. The average molecular weight is 254 g/mol. The second-order valence-electron chi connectivity index (χ2n) is 4.09. The van der Waals surface area contributed by atoms with Gasteiger partial charge >= 0.3 is 5.97 Å². The molecule has 1 unspecified atom stereocenters. The highest BCUT2D eigenvalue weighted by molar-refractivity contribution is 5.92. The monoisotopic (exact) mass is 254 g/mol. The molecule has 18 heavy (non-hydrogen) atoms. The maximum absolute atomic E-state index is 12.0. The molecule has 0 aliphatic carbocycles. The van der Waals surface area contributed by atoms with Crippen LogP contribution in [0.15, 0.2) is 6.20 Å². The fourth-order valence-corrected chi connectivity index (χ4v) is 1.88. The molecule has 1 atom stereocenters. The van der Waals surface area contributed by atoms with Crippen molar-refractivity contribution < 1.29 is 19.4 Å². The molecular formula is C10H14N4O4. The normalized spacial score (nSPS) is 19.2. The van der Waals surface area contributed by atoms with Crippen LogP contribution in [-0.2, 0) is 16.1 Å². The highest BCUT2D eigenvalue weighted by Gasteiger charge is 2.28. The van der Waals surface area contributed by atoms with E-state index in [1.54, 1.807) is 12.0 Å². The predicted octanol–water partition coefficient (Wildman–Crippen LogP) is -0.776. The fraction of sp³-hybridized carbons (Fsp3) is 0.600. The molecule has 0 spiro atoms. The number of hydrogen-bond acceptors (Lipinski definition) is 5. The number of nitrogens with zero attached hydrogens (tertiary/aromatic N) is 4. The standard InChI is InChI=1S/C10H14N4O4/c1-18-7-2-3-13(4-7)10(17)8-5-14(12-11-8)6-9(15)16/h5,7H,2-4,6H2,1H3,(H,15,16). The number of ether oxygens (including phenoxy) is 1. The van der Waals surface area contributed by atoms with E-state index in [4.69, 9.17) is 9.84 Å². The molecule has 1 amide bonds. The third-order valence-electron chi connectivity index (χ3n) is 2.82. The maximum atomic E-state index is 12.0. The zero-order valence-electron chi connectivity index (χ0n) is 9.94. The van der Waals surface area contributed by atoms with Crippen molar-refractivity contribution in [2.24, 2.45) is 0 Å². The molecule has 0 saturated carbocycles. The third-order valence-corrected chi connectivity index (χ3v) is 2.82. The van der Waals surface area contributed by atoms with Gasteiger partial charge in [0, 0.05) is 20.2 Å². The summed E-state index contributed by atoms with van der Waals surface area (Å²) in [5, 5.41) is 15.9. The third kappa shape index (κ3) is 2.65. The molecule has 1 aromatic rings. The molecule has 2 rings (SSSR count). The Morgan fingerprint density at radius 2 is 2.39 bits per heavy atom. The van der Waals surface area contributed by atoms with Gasteiger partial charge in [-0.3, -0.25) is 9.59 Å². The van der Waals surface area contributed by atoms with Crippen LogP contribution in [0.25, 0.3) is 0 Å². The van der Waals surface area contributed by atoms with Gasteiger partial charge in [0.05, 0.1) is 12.3 Å². The smallest absolute Gasteiger partial charge is 0.325 e. The zero-order chi connectivity index (χ0) is 13.1. The van der Waals surface area contributed by atoms with Gasteiger partial charge < -0.3 is 14.7 Å². The second-order valence-corrected chi connectivity index (χ2v) is 4.09. The Morgan fingerprint density at radius 3 is 3.00 bits per heavy atom. The van der Waals surface area contributed by atoms with E-state index < -0.39 is 5.97 Å². The molecule has 1 aliphatic rings. The van der Waals surface area contributed by atoms with Crippen LogP contribution in [0.1, 0.15) is 16.9 Å². The van der Waals surface area contributed by atoms with E-state index in [0.717, 1.165) is 11.1 Å². The van der Waals surface area contributed by atoms with E-state index >= 15 is 0 Å². The maximum Gasteiger partial charge on any atom is 0.325 e. The van der Waals surface area contributed by atoms with E-state index in [9.17, 15) is 9.59 Å². The van der Waals surface area contributed by atoms with Crippen LogP contribution < -0.4 is 0 Å². The Kier molecular flexibility index (Phi) is 3.56. The Labute approximate surface area is 103 Å². The molecule has 0 aromatic carbocycles. The van der Waals surface area contributed by atoms with Gasteiger partial charge in [-0.15, -0.1) is 5.10 Å². The minimum Gasteiger partial charge on any atom is -0.480 e. The predicted molar refractivity (Wildman–Crippen MR) is 59.0 cm³/mol. The number of carbonyl (C=O) groups is 2. The second kappa shape index (κ2) is 5.13. The lowest BCUT2D eigenvalue weighted by molar-refractivity contribution is -0.137.